The van der Waals surface area contributed by atoms with Crippen LogP contribution in [0.15, 0.2) is 30.4 Å². The first-order valence-electron chi connectivity index (χ1n) is 6.25. The molecule has 0 N–H and O–H groups in total. The molecule has 0 aliphatic carbocycles. The number of hydrogen-bond acceptors (Lipinski definition) is 6. The Morgan fingerprint density at radius 3 is 1.59 bits per heavy atom. The van der Waals surface area contributed by atoms with Crippen LogP contribution in [0.4, 0.5) is 0 Å². The predicted molar refractivity (Wildman–Crippen MR) is 79.9 cm³/mol. The quantitative estimate of drug-likeness (QED) is 0.469. The number of hydrogen-bond donors (Lipinski definition) is 0. The molecule has 6 nitrogen and oxygen atoms in total. The van der Waals surface area contributed by atoms with Gasteiger partial charge in [-0.1, -0.05) is 0 Å². The minimum Gasteiger partial charge on any atom is -0.466 e. The molecule has 1 aromatic carbocycles. The third-order valence-corrected chi connectivity index (χ3v) is 2.62. The molecule has 0 saturated carbocycles. The van der Waals surface area contributed by atoms with Gasteiger partial charge in [-0.3, -0.25) is 0 Å². The van der Waals surface area contributed by atoms with Crippen molar-refractivity contribution in [2.75, 3.05) is 21.3 Å². The summed E-state index contributed by atoms with van der Waals surface area (Å²) in [5.41, 5.74) is 1.45. The van der Waals surface area contributed by atoms with Crippen molar-refractivity contribution in [3.8, 4) is 0 Å². The van der Waals surface area contributed by atoms with Crippen LogP contribution in [0.25, 0.3) is 12.2 Å². The SMILES string of the molecule is COC(=O)/C=C/c1cc(/C=C/C(=O)OC)cc(C(=O)OC)c1. The average molecular weight is 304 g/mol. The minimum absolute atomic E-state index is 0.291. The lowest BCUT2D eigenvalue weighted by atomic mass is 10.0. The molecule has 0 spiro atoms. The van der Waals surface area contributed by atoms with Gasteiger partial charge in [-0.15, -0.1) is 0 Å². The lowest BCUT2D eigenvalue weighted by Crippen LogP contribution is -2.02. The van der Waals surface area contributed by atoms with Crippen LogP contribution >= 0.6 is 0 Å². The summed E-state index contributed by atoms with van der Waals surface area (Å²) in [4.78, 5) is 33.9. The lowest BCUT2D eigenvalue weighted by Gasteiger charge is -2.04. The van der Waals surface area contributed by atoms with E-state index in [0.29, 0.717) is 16.7 Å². The first kappa shape index (κ1) is 17.2. The highest BCUT2D eigenvalue weighted by Crippen LogP contribution is 2.15. The normalized spacial score (nSPS) is 10.7. The van der Waals surface area contributed by atoms with Gasteiger partial charge in [0.15, 0.2) is 0 Å². The van der Waals surface area contributed by atoms with E-state index in [-0.39, 0.29) is 0 Å². The van der Waals surface area contributed by atoms with Gasteiger partial charge < -0.3 is 14.2 Å². The van der Waals surface area contributed by atoms with Crippen LogP contribution in [0.1, 0.15) is 21.5 Å². The van der Waals surface area contributed by atoms with Gasteiger partial charge in [-0.05, 0) is 41.5 Å². The number of rotatable bonds is 5. The van der Waals surface area contributed by atoms with Gasteiger partial charge in [0.05, 0.1) is 26.9 Å². The summed E-state index contributed by atoms with van der Waals surface area (Å²) in [6.07, 6.45) is 5.44. The second-order valence-electron chi connectivity index (χ2n) is 4.09. The molecule has 1 aromatic rings. The molecule has 0 radical (unpaired) electrons. The smallest absolute Gasteiger partial charge is 0.337 e. The molecule has 0 heterocycles. The van der Waals surface area contributed by atoms with Crippen LogP contribution in [0.5, 0.6) is 0 Å². The third-order valence-electron chi connectivity index (χ3n) is 2.62. The van der Waals surface area contributed by atoms with Crippen molar-refractivity contribution in [3.05, 3.63) is 47.0 Å². The molecule has 6 heteroatoms. The second kappa shape index (κ2) is 8.41. The molecule has 22 heavy (non-hydrogen) atoms. The number of esters is 3. The fourth-order valence-electron chi connectivity index (χ4n) is 1.57. The molecule has 0 fully saturated rings. The Labute approximate surface area is 128 Å². The Hall–Kier alpha value is -2.89. The van der Waals surface area contributed by atoms with Gasteiger partial charge in [-0.2, -0.15) is 0 Å². The van der Waals surface area contributed by atoms with Gasteiger partial charge in [0.25, 0.3) is 0 Å². The van der Waals surface area contributed by atoms with Crippen molar-refractivity contribution in [2.45, 2.75) is 0 Å². The van der Waals surface area contributed by atoms with E-state index < -0.39 is 17.9 Å². The van der Waals surface area contributed by atoms with Gasteiger partial charge in [0.2, 0.25) is 0 Å². The van der Waals surface area contributed by atoms with Crippen LogP contribution in [-0.4, -0.2) is 39.2 Å². The zero-order chi connectivity index (χ0) is 16.5. The zero-order valence-corrected chi connectivity index (χ0v) is 12.5. The van der Waals surface area contributed by atoms with Gasteiger partial charge in [-0.25, -0.2) is 14.4 Å². The van der Waals surface area contributed by atoms with Crippen LogP contribution < -0.4 is 0 Å². The molecular formula is C16H16O6. The van der Waals surface area contributed by atoms with Crippen molar-refractivity contribution >= 4 is 30.1 Å². The van der Waals surface area contributed by atoms with Crippen LogP contribution in [-0.2, 0) is 23.8 Å². The lowest BCUT2D eigenvalue weighted by molar-refractivity contribution is -0.135. The van der Waals surface area contributed by atoms with Gasteiger partial charge in [0, 0.05) is 12.2 Å². The third kappa shape index (κ3) is 5.24. The van der Waals surface area contributed by atoms with E-state index >= 15 is 0 Å². The van der Waals surface area contributed by atoms with Crippen LogP contribution in [0.2, 0.25) is 0 Å². The Morgan fingerprint density at radius 1 is 0.773 bits per heavy atom. The van der Waals surface area contributed by atoms with Crippen molar-refractivity contribution < 1.29 is 28.6 Å². The number of carbonyl (C=O) groups is 3. The molecule has 0 amide bonds. The maximum Gasteiger partial charge on any atom is 0.337 e. The van der Waals surface area contributed by atoms with E-state index in [4.69, 9.17) is 0 Å². The predicted octanol–water partition coefficient (Wildman–Crippen LogP) is 1.85. The molecule has 0 unspecified atom stereocenters. The molecular weight excluding hydrogens is 288 g/mol. The molecule has 0 aliphatic heterocycles. The average Bonchev–Trinajstić information content (AvgIpc) is 2.56. The first-order chi connectivity index (χ1) is 10.5. The van der Waals surface area contributed by atoms with Crippen LogP contribution in [0, 0.1) is 0 Å². The Morgan fingerprint density at radius 2 is 1.23 bits per heavy atom. The maximum absolute atomic E-state index is 11.7. The summed E-state index contributed by atoms with van der Waals surface area (Å²) in [6.45, 7) is 0. The number of carbonyl (C=O) groups excluding carboxylic acids is 3. The fraction of sp³-hybridized carbons (Fsp3) is 0.188. The van der Waals surface area contributed by atoms with Crippen molar-refractivity contribution in [3.63, 3.8) is 0 Å². The highest BCUT2D eigenvalue weighted by Gasteiger charge is 2.07. The number of benzene rings is 1. The van der Waals surface area contributed by atoms with Gasteiger partial charge >= 0.3 is 17.9 Å². The molecule has 0 saturated heterocycles. The summed E-state index contributed by atoms with van der Waals surface area (Å²) < 4.78 is 13.7. The number of methoxy groups -OCH3 is 3. The van der Waals surface area contributed by atoms with E-state index in [0.717, 1.165) is 0 Å². The van der Waals surface area contributed by atoms with E-state index in [1.807, 2.05) is 0 Å². The fourth-order valence-corrected chi connectivity index (χ4v) is 1.57. The van der Waals surface area contributed by atoms with Gasteiger partial charge in [0.1, 0.15) is 0 Å². The molecule has 0 bridgehead atoms. The van der Waals surface area contributed by atoms with Crippen molar-refractivity contribution in [1.29, 1.82) is 0 Å². The second-order valence-corrected chi connectivity index (χ2v) is 4.09. The van der Waals surface area contributed by atoms with Crippen molar-refractivity contribution in [1.82, 2.24) is 0 Å². The molecule has 0 aliphatic rings. The van der Waals surface area contributed by atoms with E-state index in [2.05, 4.69) is 14.2 Å². The standard InChI is InChI=1S/C16H16O6/c1-20-14(17)6-4-11-8-12(5-7-15(18)21-2)10-13(9-11)16(19)22-3/h4-10H,1-3H3/b6-4+,7-5+. The Kier molecular flexibility index (Phi) is 6.56. The highest BCUT2D eigenvalue weighted by atomic mass is 16.5. The maximum atomic E-state index is 11.7. The van der Waals surface area contributed by atoms with Crippen molar-refractivity contribution in [2.24, 2.45) is 0 Å². The van der Waals surface area contributed by atoms with E-state index in [1.165, 1.54) is 45.6 Å². The molecule has 0 atom stereocenters. The van der Waals surface area contributed by atoms with E-state index in [1.54, 1.807) is 18.2 Å². The summed E-state index contributed by atoms with van der Waals surface area (Å²) in [5, 5.41) is 0. The summed E-state index contributed by atoms with van der Waals surface area (Å²) in [6, 6.07) is 4.80. The minimum atomic E-state index is -0.527. The number of ether oxygens (including phenoxy) is 3. The molecule has 116 valence electrons. The Balaban J connectivity index is 3.18. The monoisotopic (exact) mass is 304 g/mol. The highest BCUT2D eigenvalue weighted by molar-refractivity contribution is 5.93. The van der Waals surface area contributed by atoms with Crippen LogP contribution in [0.3, 0.4) is 0 Å². The summed E-state index contributed by atoms with van der Waals surface area (Å²) in [5.74, 6) is -1.56. The summed E-state index contributed by atoms with van der Waals surface area (Å²) >= 11 is 0. The summed E-state index contributed by atoms with van der Waals surface area (Å²) in [7, 11) is 3.80. The first-order valence-corrected chi connectivity index (χ1v) is 6.25. The molecule has 1 rings (SSSR count). The Bertz CT molecular complexity index is 583. The zero-order valence-electron chi connectivity index (χ0n) is 12.5. The topological polar surface area (TPSA) is 78.9 Å². The largest absolute Gasteiger partial charge is 0.466 e. The van der Waals surface area contributed by atoms with E-state index in [9.17, 15) is 14.4 Å². The molecule has 0 aromatic heterocycles.